The topological polar surface area (TPSA) is 33.6 Å². The van der Waals surface area contributed by atoms with E-state index >= 15 is 0 Å². The summed E-state index contributed by atoms with van der Waals surface area (Å²) in [5, 5.41) is 16.9. The molecule has 0 aliphatic carbocycles. The van der Waals surface area contributed by atoms with Crippen molar-refractivity contribution in [2.45, 2.75) is 0 Å². The number of nitrogens with zero attached hydrogens (tertiary/aromatic N) is 3. The predicted molar refractivity (Wildman–Crippen MR) is 173 cm³/mol. The molecule has 3 heterocycles. The second kappa shape index (κ2) is 8.32. The van der Waals surface area contributed by atoms with Crippen molar-refractivity contribution < 1.29 is 0 Å². The van der Waals surface area contributed by atoms with Crippen LogP contribution in [0, 0.1) is 11.3 Å². The fraction of sp³-hybridized carbons (Fsp3) is 0. The van der Waals surface area contributed by atoms with Crippen LogP contribution >= 0.6 is 11.3 Å². The van der Waals surface area contributed by atoms with E-state index < -0.39 is 0 Å². The van der Waals surface area contributed by atoms with Crippen molar-refractivity contribution in [2.24, 2.45) is 0 Å². The first-order chi connectivity index (χ1) is 20.3. The molecular weight excluding hydrogens is 518 g/mol. The lowest BCUT2D eigenvalue weighted by atomic mass is 10.1. The fourth-order valence-electron chi connectivity index (χ4n) is 6.55. The SMILES string of the molecule is N#Cc1ccc2c(c1)c1ccccc1n2-c1ccc2sc3ccc(-n4c5ccccc5c5ccccc54)cc3c2c1. The van der Waals surface area contributed by atoms with Crippen molar-refractivity contribution in [2.75, 3.05) is 0 Å². The summed E-state index contributed by atoms with van der Waals surface area (Å²) in [5.74, 6) is 0. The normalized spacial score (nSPS) is 11.9. The lowest BCUT2D eigenvalue weighted by molar-refractivity contribution is 1.18. The third-order valence-corrected chi connectivity index (χ3v) is 9.49. The van der Waals surface area contributed by atoms with Crippen molar-refractivity contribution in [1.82, 2.24) is 9.13 Å². The molecule has 6 aromatic carbocycles. The number of aromatic nitrogens is 2. The number of hydrogen-bond acceptors (Lipinski definition) is 2. The van der Waals surface area contributed by atoms with Gasteiger partial charge in [0.05, 0.1) is 33.7 Å². The molecule has 0 N–H and O–H groups in total. The number of rotatable bonds is 2. The molecule has 0 aliphatic rings. The molecule has 0 atom stereocenters. The Balaban J connectivity index is 1.31. The summed E-state index contributed by atoms with van der Waals surface area (Å²) >= 11 is 1.84. The van der Waals surface area contributed by atoms with Crippen molar-refractivity contribution in [1.29, 1.82) is 5.26 Å². The van der Waals surface area contributed by atoms with E-state index in [0.29, 0.717) is 5.56 Å². The quantitative estimate of drug-likeness (QED) is 0.215. The Labute approximate surface area is 239 Å². The van der Waals surface area contributed by atoms with E-state index in [9.17, 15) is 5.26 Å². The van der Waals surface area contributed by atoms with Crippen LogP contribution in [-0.2, 0) is 0 Å². The van der Waals surface area contributed by atoms with E-state index in [2.05, 4.69) is 130 Å². The maximum atomic E-state index is 9.54. The van der Waals surface area contributed by atoms with Gasteiger partial charge in [-0.25, -0.2) is 0 Å². The molecule has 3 aromatic heterocycles. The second-order valence-electron chi connectivity index (χ2n) is 10.5. The highest BCUT2D eigenvalue weighted by atomic mass is 32.1. The number of thiophene rings is 1. The zero-order valence-electron chi connectivity index (χ0n) is 21.9. The first-order valence-corrected chi connectivity index (χ1v) is 14.5. The Kier molecular flexibility index (Phi) is 4.55. The molecule has 0 aliphatic heterocycles. The van der Waals surface area contributed by atoms with Crippen LogP contribution in [0.1, 0.15) is 5.56 Å². The number of fused-ring (bicyclic) bond motifs is 9. The van der Waals surface area contributed by atoms with Crippen molar-refractivity contribution in [3.8, 4) is 17.4 Å². The highest BCUT2D eigenvalue weighted by Gasteiger charge is 2.16. The van der Waals surface area contributed by atoms with E-state index in [0.717, 1.165) is 27.5 Å². The molecule has 0 spiro atoms. The summed E-state index contributed by atoms with van der Waals surface area (Å²) < 4.78 is 7.26. The summed E-state index contributed by atoms with van der Waals surface area (Å²) in [6.45, 7) is 0. The Morgan fingerprint density at radius 1 is 0.439 bits per heavy atom. The fourth-order valence-corrected chi connectivity index (χ4v) is 7.62. The van der Waals surface area contributed by atoms with Crippen molar-refractivity contribution in [3.05, 3.63) is 133 Å². The monoisotopic (exact) mass is 539 g/mol. The summed E-state index contributed by atoms with van der Waals surface area (Å²) in [6.07, 6.45) is 0. The summed E-state index contributed by atoms with van der Waals surface area (Å²) in [7, 11) is 0. The van der Waals surface area contributed by atoms with E-state index in [4.69, 9.17) is 0 Å². The summed E-state index contributed by atoms with van der Waals surface area (Å²) in [4.78, 5) is 0. The molecular formula is C37H21N3S. The van der Waals surface area contributed by atoms with Crippen LogP contribution in [0.4, 0.5) is 0 Å². The van der Waals surface area contributed by atoms with Crippen LogP contribution in [0.5, 0.6) is 0 Å². The third-order valence-electron chi connectivity index (χ3n) is 8.33. The zero-order valence-corrected chi connectivity index (χ0v) is 22.7. The van der Waals surface area contributed by atoms with Crippen LogP contribution in [0.3, 0.4) is 0 Å². The smallest absolute Gasteiger partial charge is 0.0991 e. The van der Waals surface area contributed by atoms with Gasteiger partial charge in [-0.1, -0.05) is 54.6 Å². The largest absolute Gasteiger partial charge is 0.309 e. The minimum absolute atomic E-state index is 0.678. The van der Waals surface area contributed by atoms with E-state index in [1.165, 1.54) is 47.7 Å². The molecule has 9 rings (SSSR count). The molecule has 41 heavy (non-hydrogen) atoms. The highest BCUT2D eigenvalue weighted by molar-refractivity contribution is 7.25. The molecule has 190 valence electrons. The van der Waals surface area contributed by atoms with E-state index in [1.807, 2.05) is 23.5 Å². The molecule has 0 saturated carbocycles. The number of benzene rings is 6. The Hall–Kier alpha value is -5.37. The molecule has 0 amide bonds. The maximum absolute atomic E-state index is 9.54. The van der Waals surface area contributed by atoms with Gasteiger partial charge >= 0.3 is 0 Å². The number of para-hydroxylation sites is 3. The first kappa shape index (κ1) is 22.4. The van der Waals surface area contributed by atoms with Gasteiger partial charge in [0.25, 0.3) is 0 Å². The number of nitriles is 1. The Morgan fingerprint density at radius 3 is 1.41 bits per heavy atom. The third kappa shape index (κ3) is 3.12. The number of hydrogen-bond donors (Lipinski definition) is 0. The standard InChI is InChI=1S/C37H21N3S/c38-22-23-13-16-35-29(19-23)28-9-3-6-12-34(28)40(35)25-15-18-37-31(21-25)30-20-24(14-17-36(30)41-37)39-32-10-4-1-7-26(32)27-8-2-5-11-33(27)39/h1-21H. The molecule has 0 unspecified atom stereocenters. The Bertz CT molecular complexity index is 2500. The van der Waals surface area contributed by atoms with Gasteiger partial charge in [-0.15, -0.1) is 11.3 Å². The van der Waals surface area contributed by atoms with Gasteiger partial charge in [-0.05, 0) is 72.8 Å². The molecule has 0 fully saturated rings. The van der Waals surface area contributed by atoms with Crippen LogP contribution < -0.4 is 0 Å². The molecule has 0 radical (unpaired) electrons. The van der Waals surface area contributed by atoms with Crippen molar-refractivity contribution >= 4 is 75.1 Å². The van der Waals surface area contributed by atoms with E-state index in [-0.39, 0.29) is 0 Å². The summed E-state index contributed by atoms with van der Waals surface area (Å²) in [6, 6.07) is 47.7. The van der Waals surface area contributed by atoms with E-state index in [1.54, 1.807) is 0 Å². The molecule has 0 bridgehead atoms. The molecule has 9 aromatic rings. The minimum Gasteiger partial charge on any atom is -0.309 e. The second-order valence-corrected chi connectivity index (χ2v) is 11.6. The predicted octanol–water partition coefficient (Wildman–Crippen LogP) is 10.1. The van der Waals surface area contributed by atoms with Crippen LogP contribution in [-0.4, -0.2) is 9.13 Å². The summed E-state index contributed by atoms with van der Waals surface area (Å²) in [5.41, 5.74) is 7.65. The van der Waals surface area contributed by atoms with Crippen LogP contribution in [0.2, 0.25) is 0 Å². The lowest BCUT2D eigenvalue weighted by Gasteiger charge is -2.09. The van der Waals surface area contributed by atoms with Gasteiger partial charge in [0, 0.05) is 53.1 Å². The lowest BCUT2D eigenvalue weighted by Crippen LogP contribution is -1.94. The molecule has 0 saturated heterocycles. The molecule has 4 heteroatoms. The van der Waals surface area contributed by atoms with Gasteiger partial charge in [0.15, 0.2) is 0 Å². The van der Waals surface area contributed by atoms with Gasteiger partial charge in [-0.3, -0.25) is 0 Å². The maximum Gasteiger partial charge on any atom is 0.0991 e. The average Bonchev–Trinajstić information content (AvgIpc) is 3.67. The Morgan fingerprint density at radius 2 is 0.902 bits per heavy atom. The average molecular weight is 540 g/mol. The van der Waals surface area contributed by atoms with Gasteiger partial charge < -0.3 is 9.13 Å². The van der Waals surface area contributed by atoms with Gasteiger partial charge in [0.1, 0.15) is 0 Å². The highest BCUT2D eigenvalue weighted by Crippen LogP contribution is 2.40. The zero-order chi connectivity index (χ0) is 27.1. The van der Waals surface area contributed by atoms with Crippen molar-refractivity contribution in [3.63, 3.8) is 0 Å². The first-order valence-electron chi connectivity index (χ1n) is 13.7. The van der Waals surface area contributed by atoms with Crippen LogP contribution in [0.15, 0.2) is 127 Å². The van der Waals surface area contributed by atoms with Crippen LogP contribution in [0.25, 0.3) is 75.2 Å². The minimum atomic E-state index is 0.678. The van der Waals surface area contributed by atoms with Gasteiger partial charge in [0.2, 0.25) is 0 Å². The van der Waals surface area contributed by atoms with Gasteiger partial charge in [-0.2, -0.15) is 5.26 Å². The molecule has 3 nitrogen and oxygen atoms in total.